The van der Waals surface area contributed by atoms with Gasteiger partial charge in [0, 0.05) is 119 Å². The molecule has 4 aliphatic rings. The normalized spacial score (nSPS) is 38.7. The van der Waals surface area contributed by atoms with Crippen molar-refractivity contribution in [2.24, 2.45) is 16.7 Å². The van der Waals surface area contributed by atoms with Crippen LogP contribution < -0.4 is 5.32 Å². The molecule has 0 aromatic carbocycles. The van der Waals surface area contributed by atoms with Gasteiger partial charge in [0.2, 0.25) is 0 Å². The van der Waals surface area contributed by atoms with Gasteiger partial charge in [-0.3, -0.25) is 9.59 Å². The van der Waals surface area contributed by atoms with Crippen LogP contribution in [0.15, 0.2) is 23.8 Å². The third-order valence-corrected chi connectivity index (χ3v) is 10.3. The Kier molecular flexibility index (Phi) is 13.8. The summed E-state index contributed by atoms with van der Waals surface area (Å²) in [6.45, 7) is 11.4. The van der Waals surface area contributed by atoms with Crippen molar-refractivity contribution in [2.45, 2.75) is 108 Å². The molecule has 11 atom stereocenters. The first-order valence-corrected chi connectivity index (χ1v) is 14.6. The van der Waals surface area contributed by atoms with Gasteiger partial charge in [-0.15, -0.1) is 0 Å². The first kappa shape index (κ1) is 42.2. The van der Waals surface area contributed by atoms with Gasteiger partial charge in [-0.25, -0.2) is 9.59 Å². The molecule has 2 radical (unpaired) electrons. The minimum Gasteiger partial charge on any atom is -0.459 e. The number of aliphatic hydroxyl groups is 5. The van der Waals surface area contributed by atoms with Gasteiger partial charge >= 0.3 is 18.0 Å². The van der Waals surface area contributed by atoms with Crippen LogP contribution >= 0.6 is 0 Å². The molecule has 0 aromatic heterocycles. The largest absolute Gasteiger partial charge is 0.459 e. The van der Waals surface area contributed by atoms with Gasteiger partial charge in [-0.1, -0.05) is 26.5 Å². The number of ether oxygens (including phenoxy) is 4. The van der Waals surface area contributed by atoms with E-state index in [4.69, 9.17) is 18.9 Å². The summed E-state index contributed by atoms with van der Waals surface area (Å²) in [6, 6.07) is -1.17. The summed E-state index contributed by atoms with van der Waals surface area (Å²) in [6.07, 6.45) is -9.38. The summed E-state index contributed by atoms with van der Waals surface area (Å²) in [7, 11) is 0. The van der Waals surface area contributed by atoms with E-state index in [1.54, 1.807) is 0 Å². The standard InChI is InChI=1S/C30H43NO13.2Ac/c1-8-9-41-26(38)31-14(3)20(34)25(37)44-16-11-30(40)24(43-15(4)32)22-28(7,17(33)10-18-29(22,39)12-42-18)23(36)21(35)19(13(16)2)27(30,5)6;;/h8,14,16-18,20-22,24,33-35,39-40H,1,9-12H2,2-7H3,(H,31,38);;/t14-,16?,17-,18+,20+,21+,22-,24-,28+,29-,30+;;/m0../s1. The fourth-order valence-electron chi connectivity index (χ4n) is 7.65. The Hall–Kier alpha value is 0.00312. The SMILES string of the molecule is C=CCOC(=O)N[C@@H](C)[C@@H](O)C(=O)OC1C[C@@]2(O)[C@@H](OC(C)=O)[C@@H]3[C@]4(O)CO[C@@H]4C[C@H](O)[C@@]3(C)C(=O)[C@H](O)C(=C1C)C2(C)C.[Ac].[Ac]. The average molecular weight is 1080 g/mol. The van der Waals surface area contributed by atoms with Gasteiger partial charge in [-0.2, -0.15) is 0 Å². The Morgan fingerprint density at radius 2 is 1.76 bits per heavy atom. The van der Waals surface area contributed by atoms with Crippen LogP contribution in [0.1, 0.15) is 54.4 Å². The van der Waals surface area contributed by atoms with Crippen molar-refractivity contribution in [3.63, 3.8) is 0 Å². The predicted octanol–water partition coefficient (Wildman–Crippen LogP) is -0.570. The van der Waals surface area contributed by atoms with Crippen LogP contribution in [0.2, 0.25) is 0 Å². The molecule has 252 valence electrons. The van der Waals surface area contributed by atoms with Crippen LogP contribution in [0, 0.1) is 105 Å². The number of hydrogen-bond acceptors (Lipinski definition) is 13. The molecule has 14 nitrogen and oxygen atoms in total. The van der Waals surface area contributed by atoms with Crippen molar-refractivity contribution in [3.05, 3.63) is 23.8 Å². The summed E-state index contributed by atoms with van der Waals surface area (Å²) in [4.78, 5) is 51.8. The van der Waals surface area contributed by atoms with Crippen molar-refractivity contribution in [2.75, 3.05) is 13.2 Å². The summed E-state index contributed by atoms with van der Waals surface area (Å²) in [5.41, 5.74) is -7.27. The minimum absolute atomic E-state index is 0. The molecular weight excluding hydrogens is 1040 g/mol. The molecule has 1 amide bonds. The second kappa shape index (κ2) is 15.1. The van der Waals surface area contributed by atoms with Crippen molar-refractivity contribution >= 4 is 23.8 Å². The van der Waals surface area contributed by atoms with E-state index in [1.807, 2.05) is 0 Å². The van der Waals surface area contributed by atoms with E-state index in [0.29, 0.717) is 0 Å². The molecule has 46 heavy (non-hydrogen) atoms. The Morgan fingerprint density at radius 3 is 2.28 bits per heavy atom. The predicted molar refractivity (Wildman–Crippen MR) is 150 cm³/mol. The third-order valence-electron chi connectivity index (χ3n) is 10.3. The van der Waals surface area contributed by atoms with E-state index in [2.05, 4.69) is 11.9 Å². The molecule has 1 aliphatic heterocycles. The minimum atomic E-state index is -2.21. The maximum absolute atomic E-state index is 14.2. The van der Waals surface area contributed by atoms with E-state index >= 15 is 0 Å². The van der Waals surface area contributed by atoms with Gasteiger partial charge in [0.1, 0.15) is 36.1 Å². The summed E-state index contributed by atoms with van der Waals surface area (Å²) in [5.74, 6) is -4.37. The number of esters is 2. The molecule has 1 heterocycles. The number of rotatable bonds is 7. The Bertz CT molecular complexity index is 1280. The zero-order chi connectivity index (χ0) is 33.2. The number of aliphatic hydroxyl groups excluding tert-OH is 3. The van der Waals surface area contributed by atoms with E-state index in [9.17, 15) is 44.7 Å². The topological polar surface area (TPSA) is 218 Å². The quantitative estimate of drug-likeness (QED) is 0.107. The number of fused-ring (bicyclic) bond motifs is 5. The van der Waals surface area contributed by atoms with Gasteiger partial charge in [-0.05, 0) is 31.9 Å². The van der Waals surface area contributed by atoms with Gasteiger partial charge < -0.3 is 49.8 Å². The molecule has 2 saturated carbocycles. The zero-order valence-corrected chi connectivity index (χ0v) is 36.4. The Morgan fingerprint density at radius 1 is 1.15 bits per heavy atom. The second-order valence-corrected chi connectivity index (χ2v) is 13.1. The summed E-state index contributed by atoms with van der Waals surface area (Å²) in [5, 5.41) is 60.4. The Balaban J connectivity index is 0.00000368. The molecule has 3 aliphatic carbocycles. The number of ketones is 1. The van der Waals surface area contributed by atoms with Crippen molar-refractivity contribution in [3.8, 4) is 0 Å². The number of Topliss-reactive ketones (excluding diaryl/α,β-unsaturated/α-hetero) is 1. The molecule has 0 aromatic rings. The zero-order valence-electron chi connectivity index (χ0n) is 26.9. The summed E-state index contributed by atoms with van der Waals surface area (Å²) < 4.78 is 21.7. The second-order valence-electron chi connectivity index (χ2n) is 13.1. The monoisotopic (exact) mass is 1080 g/mol. The molecule has 1 unspecified atom stereocenters. The van der Waals surface area contributed by atoms with Gasteiger partial charge in [0.05, 0.1) is 30.3 Å². The van der Waals surface area contributed by atoms with Gasteiger partial charge in [0.15, 0.2) is 11.9 Å². The molecule has 4 rings (SSSR count). The number of hydrogen-bond donors (Lipinski definition) is 6. The van der Waals surface area contributed by atoms with E-state index in [1.165, 1.54) is 40.7 Å². The van der Waals surface area contributed by atoms with Gasteiger partial charge in [0.25, 0.3) is 0 Å². The number of carbonyl (C=O) groups is 4. The van der Waals surface area contributed by atoms with E-state index in [0.717, 1.165) is 6.92 Å². The van der Waals surface area contributed by atoms with E-state index in [-0.39, 0.29) is 119 Å². The fourth-order valence-corrected chi connectivity index (χ4v) is 7.65. The van der Waals surface area contributed by atoms with Crippen LogP contribution in [0.3, 0.4) is 0 Å². The maximum atomic E-state index is 14.2. The molecular formula is C30H43Ac2NO13. The first-order chi connectivity index (χ1) is 20.3. The molecule has 6 N–H and O–H groups in total. The van der Waals surface area contributed by atoms with Crippen molar-refractivity contribution in [1.29, 1.82) is 0 Å². The van der Waals surface area contributed by atoms with Crippen molar-refractivity contribution < 1.29 is 152 Å². The van der Waals surface area contributed by atoms with Crippen LogP contribution in [-0.2, 0) is 33.3 Å². The summed E-state index contributed by atoms with van der Waals surface area (Å²) >= 11 is 0. The van der Waals surface area contributed by atoms with E-state index < -0.39 is 101 Å². The molecule has 0 spiro atoms. The Labute approximate surface area is 339 Å². The number of carbonyl (C=O) groups excluding carboxylic acids is 4. The van der Waals surface area contributed by atoms with Crippen LogP contribution in [0.25, 0.3) is 0 Å². The third kappa shape index (κ3) is 6.72. The average Bonchev–Trinajstić information content (AvgIpc) is 2.93. The number of nitrogens with one attached hydrogen (secondary N) is 1. The molecule has 2 bridgehead atoms. The van der Waals surface area contributed by atoms with Crippen molar-refractivity contribution in [1.82, 2.24) is 5.32 Å². The molecule has 16 heteroatoms. The van der Waals surface area contributed by atoms with Crippen LogP contribution in [-0.4, -0.2) is 116 Å². The first-order valence-electron chi connectivity index (χ1n) is 14.6. The molecule has 3 fully saturated rings. The number of amides is 1. The van der Waals surface area contributed by atoms with Crippen LogP contribution in [0.4, 0.5) is 4.79 Å². The number of alkyl carbamates (subject to hydrolysis) is 1. The fraction of sp³-hybridized carbons (Fsp3) is 0.733. The molecule has 1 saturated heterocycles. The van der Waals surface area contributed by atoms with Crippen LogP contribution in [0.5, 0.6) is 0 Å². The smallest absolute Gasteiger partial charge is 0.407 e. The maximum Gasteiger partial charge on any atom is 0.407 e.